The molecule has 0 aromatic heterocycles. The Balaban J connectivity index is 1.86. The molecule has 2 aliphatic carbocycles. The average molecular weight is 475 g/mol. The van der Waals surface area contributed by atoms with E-state index in [0.717, 1.165) is 0 Å². The largest absolute Gasteiger partial charge is 0.466 e. The first-order chi connectivity index (χ1) is 16.0. The second-order valence-corrected chi connectivity index (χ2v) is 9.78. The quantitative estimate of drug-likeness (QED) is 0.438. The first-order valence-corrected chi connectivity index (χ1v) is 11.7. The van der Waals surface area contributed by atoms with E-state index in [1.165, 1.54) is 0 Å². The fraction of sp³-hybridized carbons (Fsp3) is 0.600. The normalized spacial score (nSPS) is 27.2. The van der Waals surface area contributed by atoms with Crippen molar-refractivity contribution in [2.24, 2.45) is 23.7 Å². The molecule has 3 rings (SSSR count). The highest BCUT2D eigenvalue weighted by molar-refractivity contribution is 5.93. The fourth-order valence-electron chi connectivity index (χ4n) is 5.11. The molecule has 0 aliphatic heterocycles. The van der Waals surface area contributed by atoms with Crippen LogP contribution in [0, 0.1) is 23.7 Å². The molecule has 5 atom stereocenters. The van der Waals surface area contributed by atoms with Crippen LogP contribution in [0.3, 0.4) is 0 Å². The number of nitrogens with one attached hydrogen (secondary N) is 2. The Labute approximate surface area is 199 Å². The molecule has 0 saturated heterocycles. The van der Waals surface area contributed by atoms with Gasteiger partial charge < -0.3 is 24.8 Å². The molecule has 2 fully saturated rings. The minimum atomic E-state index is -1.47. The molecule has 34 heavy (non-hydrogen) atoms. The van der Waals surface area contributed by atoms with Crippen LogP contribution in [0.15, 0.2) is 30.3 Å². The van der Waals surface area contributed by atoms with Crippen molar-refractivity contribution < 1.29 is 33.4 Å². The van der Waals surface area contributed by atoms with Gasteiger partial charge in [-0.1, -0.05) is 18.2 Å². The molecular formula is C25H34N2O7. The topological polar surface area (TPSA) is 120 Å². The molecule has 0 unspecified atom stereocenters. The van der Waals surface area contributed by atoms with Crippen LogP contribution >= 0.6 is 0 Å². The van der Waals surface area contributed by atoms with Crippen LogP contribution in [0.25, 0.3) is 0 Å². The number of carbonyl (C=O) groups is 4. The lowest BCUT2D eigenvalue weighted by Gasteiger charge is -2.33. The first-order valence-electron chi connectivity index (χ1n) is 11.7. The number of amides is 2. The molecule has 0 spiro atoms. The second kappa shape index (κ2) is 10.0. The van der Waals surface area contributed by atoms with Gasteiger partial charge in [0.1, 0.15) is 11.1 Å². The van der Waals surface area contributed by atoms with Gasteiger partial charge in [-0.25, -0.2) is 9.59 Å². The molecular weight excluding hydrogens is 440 g/mol. The molecule has 1 aromatic rings. The molecule has 2 N–H and O–H groups in total. The molecule has 1 aromatic carbocycles. The standard InChI is InChI=1S/C25H34N2O7/c1-6-32-21(29)19-18-15(13-17(28)26-16-11-9-8-10-12-16)14-25(20(18)19,22(30)33-7-2)27-23(31)34-24(3,4)5/h8-12,15,18-20H,6-7,13-14H2,1-5H3,(H,26,28)(H,27,31)/t15-,18-,19-,20+,25-/m1/s1. The summed E-state index contributed by atoms with van der Waals surface area (Å²) in [4.78, 5) is 51.4. The number of anilines is 1. The Bertz CT molecular complexity index is 927. The van der Waals surface area contributed by atoms with E-state index < -0.39 is 41.0 Å². The summed E-state index contributed by atoms with van der Waals surface area (Å²) in [5.74, 6) is -3.07. The highest BCUT2D eigenvalue weighted by atomic mass is 16.6. The maximum atomic E-state index is 13.2. The van der Waals surface area contributed by atoms with E-state index >= 15 is 0 Å². The van der Waals surface area contributed by atoms with E-state index in [1.54, 1.807) is 46.8 Å². The van der Waals surface area contributed by atoms with Crippen molar-refractivity contribution in [3.05, 3.63) is 30.3 Å². The molecule has 186 valence electrons. The van der Waals surface area contributed by atoms with Crippen LogP contribution in [-0.2, 0) is 28.6 Å². The van der Waals surface area contributed by atoms with E-state index in [9.17, 15) is 19.2 Å². The smallest absolute Gasteiger partial charge is 0.408 e. The lowest BCUT2D eigenvalue weighted by Crippen LogP contribution is -2.58. The monoisotopic (exact) mass is 474 g/mol. The number of ether oxygens (including phenoxy) is 3. The van der Waals surface area contributed by atoms with Crippen LogP contribution in [0.4, 0.5) is 10.5 Å². The zero-order valence-corrected chi connectivity index (χ0v) is 20.4. The molecule has 2 saturated carbocycles. The number of alkyl carbamates (subject to hydrolysis) is 1. The number of para-hydroxylation sites is 1. The summed E-state index contributed by atoms with van der Waals surface area (Å²) in [5.41, 5.74) is -1.60. The van der Waals surface area contributed by atoms with Crippen LogP contribution in [0.1, 0.15) is 47.5 Å². The van der Waals surface area contributed by atoms with Crippen LogP contribution in [-0.4, -0.2) is 48.3 Å². The molecule has 0 heterocycles. The lowest BCUT2D eigenvalue weighted by atomic mass is 9.85. The van der Waals surface area contributed by atoms with Crippen LogP contribution in [0.2, 0.25) is 0 Å². The van der Waals surface area contributed by atoms with E-state index in [-0.39, 0.29) is 43.8 Å². The number of esters is 2. The summed E-state index contributed by atoms with van der Waals surface area (Å²) < 4.78 is 16.0. The van der Waals surface area contributed by atoms with Gasteiger partial charge in [0.05, 0.1) is 19.1 Å². The molecule has 9 nitrogen and oxygen atoms in total. The number of fused-ring (bicyclic) bond motifs is 1. The highest BCUT2D eigenvalue weighted by Gasteiger charge is 2.76. The Morgan fingerprint density at radius 3 is 2.26 bits per heavy atom. The number of rotatable bonds is 8. The van der Waals surface area contributed by atoms with Gasteiger partial charge in [-0.15, -0.1) is 0 Å². The second-order valence-electron chi connectivity index (χ2n) is 9.78. The summed E-state index contributed by atoms with van der Waals surface area (Å²) in [5, 5.41) is 5.58. The van der Waals surface area contributed by atoms with E-state index in [0.29, 0.717) is 5.69 Å². The predicted octanol–water partition coefficient (Wildman–Crippen LogP) is 3.29. The van der Waals surface area contributed by atoms with Crippen molar-refractivity contribution in [3.63, 3.8) is 0 Å². The number of carbonyl (C=O) groups excluding carboxylic acids is 4. The number of hydrogen-bond donors (Lipinski definition) is 2. The van der Waals surface area contributed by atoms with E-state index in [2.05, 4.69) is 10.6 Å². The Morgan fingerprint density at radius 2 is 1.68 bits per heavy atom. The lowest BCUT2D eigenvalue weighted by molar-refractivity contribution is -0.154. The summed E-state index contributed by atoms with van der Waals surface area (Å²) in [6.07, 6.45) is -0.523. The third-order valence-corrected chi connectivity index (χ3v) is 6.20. The Kier molecular flexibility index (Phi) is 7.53. The van der Waals surface area contributed by atoms with Crippen molar-refractivity contribution in [1.29, 1.82) is 0 Å². The molecule has 2 amide bonds. The minimum Gasteiger partial charge on any atom is -0.466 e. The summed E-state index contributed by atoms with van der Waals surface area (Å²) in [6.45, 7) is 8.84. The fourth-order valence-corrected chi connectivity index (χ4v) is 5.11. The van der Waals surface area contributed by atoms with Crippen molar-refractivity contribution in [2.45, 2.75) is 58.6 Å². The molecule has 0 bridgehead atoms. The van der Waals surface area contributed by atoms with Gasteiger partial charge in [0.25, 0.3) is 0 Å². The molecule has 0 radical (unpaired) electrons. The third kappa shape index (κ3) is 5.51. The van der Waals surface area contributed by atoms with Crippen molar-refractivity contribution in [3.8, 4) is 0 Å². The molecule has 9 heteroatoms. The van der Waals surface area contributed by atoms with Gasteiger partial charge in [0, 0.05) is 18.0 Å². The van der Waals surface area contributed by atoms with E-state index in [1.807, 2.05) is 18.2 Å². The SMILES string of the molecule is CCOC(=O)[C@@H]1[C@H]2[C@H](CC(=O)Nc3ccccc3)C[C@](NC(=O)OC(C)(C)C)(C(=O)OCC)[C@H]12. The van der Waals surface area contributed by atoms with E-state index in [4.69, 9.17) is 14.2 Å². The van der Waals surface area contributed by atoms with Crippen LogP contribution in [0.5, 0.6) is 0 Å². The zero-order chi connectivity index (χ0) is 25.1. The Morgan fingerprint density at radius 1 is 1.03 bits per heavy atom. The zero-order valence-electron chi connectivity index (χ0n) is 20.4. The maximum absolute atomic E-state index is 13.2. The van der Waals surface area contributed by atoms with Gasteiger partial charge >= 0.3 is 18.0 Å². The van der Waals surface area contributed by atoms with Gasteiger partial charge in [-0.3, -0.25) is 9.59 Å². The highest BCUT2D eigenvalue weighted by Crippen LogP contribution is 2.66. The van der Waals surface area contributed by atoms with Crippen molar-refractivity contribution >= 4 is 29.6 Å². The first kappa shape index (κ1) is 25.5. The number of benzene rings is 1. The average Bonchev–Trinajstić information content (AvgIpc) is 3.41. The van der Waals surface area contributed by atoms with Gasteiger partial charge in [0.2, 0.25) is 5.91 Å². The third-order valence-electron chi connectivity index (χ3n) is 6.20. The van der Waals surface area contributed by atoms with Gasteiger partial charge in [-0.2, -0.15) is 0 Å². The van der Waals surface area contributed by atoms with Crippen molar-refractivity contribution in [2.75, 3.05) is 18.5 Å². The maximum Gasteiger partial charge on any atom is 0.408 e. The van der Waals surface area contributed by atoms with Crippen LogP contribution < -0.4 is 10.6 Å². The van der Waals surface area contributed by atoms with Crippen molar-refractivity contribution in [1.82, 2.24) is 5.32 Å². The Hall–Kier alpha value is -3.10. The summed E-state index contributed by atoms with van der Waals surface area (Å²) in [6, 6.07) is 9.04. The van der Waals surface area contributed by atoms with Gasteiger partial charge in [0.15, 0.2) is 0 Å². The van der Waals surface area contributed by atoms with Gasteiger partial charge in [-0.05, 0) is 65.0 Å². The predicted molar refractivity (Wildman–Crippen MR) is 124 cm³/mol. The molecule has 2 aliphatic rings. The summed E-state index contributed by atoms with van der Waals surface area (Å²) in [7, 11) is 0. The number of hydrogen-bond acceptors (Lipinski definition) is 7. The summed E-state index contributed by atoms with van der Waals surface area (Å²) >= 11 is 0. The minimum absolute atomic E-state index is 0.0864.